The summed E-state index contributed by atoms with van der Waals surface area (Å²) in [5, 5.41) is 0. The second-order valence-electron chi connectivity index (χ2n) is 16.3. The first-order valence-electron chi connectivity index (χ1n) is 17.6. The maximum atomic E-state index is 12.6. The molecule has 5 saturated carbocycles. The zero-order valence-electron chi connectivity index (χ0n) is 28.1. The second kappa shape index (κ2) is 12.0. The number of hydrogen-bond acceptors (Lipinski definition) is 9. The number of nitrogens with two attached hydrogens (primary N) is 1. The molecule has 2 spiro atoms. The summed E-state index contributed by atoms with van der Waals surface area (Å²) in [7, 11) is 0. The minimum Gasteiger partial charge on any atom is -0.462 e. The lowest BCUT2D eigenvalue weighted by Gasteiger charge is -2.65. The Kier molecular flexibility index (Phi) is 8.88. The van der Waals surface area contributed by atoms with Crippen LogP contribution in [0.3, 0.4) is 0 Å². The third-order valence-corrected chi connectivity index (χ3v) is 13.7. The Morgan fingerprint density at radius 2 is 1.49 bits per heavy atom. The number of carbonyl (C=O) groups excluding carboxylic acids is 3. The first-order chi connectivity index (χ1) is 21.2. The molecule has 1 amide bonds. The number of amides is 1. The van der Waals surface area contributed by atoms with Crippen molar-refractivity contribution in [1.29, 1.82) is 0 Å². The quantitative estimate of drug-likeness (QED) is 0.270. The molecule has 1 saturated heterocycles. The summed E-state index contributed by atoms with van der Waals surface area (Å²) < 4.78 is 12.5. The van der Waals surface area contributed by atoms with Crippen LogP contribution in [0, 0.1) is 52.3 Å². The standard InChI is InChI=1S/C35H55NO9/c1-20-11-13-34(14-12-20)42-44-35(45-43-34)16-15-32(5)24(19-35)17-28(40-22(3)37)31-26-9-8-25(21(2)7-10-30(36)39)33(26,6)29(18-27(31)32)41-23(4)38/h20-21,24-29,31H,7-19H2,1-6H3,(H2,36,39)/t20?,21?,24-,25-,26?,27?,28?,29+,31?,32+,33-,34?,35?/m1/s1. The Labute approximate surface area is 267 Å². The van der Waals surface area contributed by atoms with Crippen LogP contribution in [0.5, 0.6) is 0 Å². The molecule has 45 heavy (non-hydrogen) atoms. The topological polar surface area (TPSA) is 133 Å². The van der Waals surface area contributed by atoms with Crippen LogP contribution in [-0.4, -0.2) is 41.6 Å². The van der Waals surface area contributed by atoms with Gasteiger partial charge in [0, 0.05) is 57.3 Å². The van der Waals surface area contributed by atoms with Crippen LogP contribution in [0.1, 0.15) is 125 Å². The number of esters is 2. The molecule has 0 radical (unpaired) electrons. The smallest absolute Gasteiger partial charge is 0.302 e. The fraction of sp³-hybridized carbons (Fsp3) is 0.914. The van der Waals surface area contributed by atoms with Gasteiger partial charge in [-0.2, -0.15) is 19.6 Å². The van der Waals surface area contributed by atoms with Crippen LogP contribution in [0.4, 0.5) is 0 Å². The van der Waals surface area contributed by atoms with Gasteiger partial charge < -0.3 is 15.2 Å². The Bertz CT molecular complexity index is 1140. The van der Waals surface area contributed by atoms with Crippen molar-refractivity contribution in [3.05, 3.63) is 0 Å². The summed E-state index contributed by atoms with van der Waals surface area (Å²) >= 11 is 0. The van der Waals surface area contributed by atoms with Crippen LogP contribution in [-0.2, 0) is 43.4 Å². The van der Waals surface area contributed by atoms with Crippen LogP contribution >= 0.6 is 0 Å². The monoisotopic (exact) mass is 633 g/mol. The molecule has 1 heterocycles. The van der Waals surface area contributed by atoms with E-state index in [1.54, 1.807) is 0 Å². The molecule has 5 aliphatic carbocycles. The van der Waals surface area contributed by atoms with Crippen LogP contribution in [0.15, 0.2) is 0 Å². The van der Waals surface area contributed by atoms with Gasteiger partial charge in [0.25, 0.3) is 0 Å². The van der Waals surface area contributed by atoms with Crippen LogP contribution in [0.2, 0.25) is 0 Å². The molecule has 10 heteroatoms. The van der Waals surface area contributed by atoms with E-state index in [1.807, 2.05) is 0 Å². The van der Waals surface area contributed by atoms with Gasteiger partial charge in [-0.3, -0.25) is 14.4 Å². The zero-order valence-corrected chi connectivity index (χ0v) is 28.1. The molecule has 6 aliphatic rings. The Balaban J connectivity index is 1.28. The fourth-order valence-corrected chi connectivity index (χ4v) is 11.2. The van der Waals surface area contributed by atoms with Crippen molar-refractivity contribution >= 4 is 17.8 Å². The predicted molar refractivity (Wildman–Crippen MR) is 162 cm³/mol. The normalized spacial score (nSPS) is 48.1. The van der Waals surface area contributed by atoms with E-state index in [1.165, 1.54) is 13.8 Å². The van der Waals surface area contributed by atoms with Crippen LogP contribution in [0.25, 0.3) is 0 Å². The number of primary amides is 1. The second-order valence-corrected chi connectivity index (χ2v) is 16.3. The van der Waals surface area contributed by atoms with Gasteiger partial charge >= 0.3 is 11.9 Å². The van der Waals surface area contributed by atoms with E-state index in [4.69, 9.17) is 34.8 Å². The lowest BCUT2D eigenvalue weighted by atomic mass is 9.42. The Morgan fingerprint density at radius 3 is 2.11 bits per heavy atom. The van der Waals surface area contributed by atoms with Gasteiger partial charge in [-0.1, -0.05) is 27.7 Å². The molecule has 6 fully saturated rings. The highest BCUT2D eigenvalue weighted by atomic mass is 17.4. The average Bonchev–Trinajstić information content (AvgIpc) is 3.34. The predicted octanol–water partition coefficient (Wildman–Crippen LogP) is 6.14. The van der Waals surface area contributed by atoms with Crippen LogP contribution < -0.4 is 5.73 Å². The molecule has 10 atom stereocenters. The van der Waals surface area contributed by atoms with Crippen molar-refractivity contribution in [1.82, 2.24) is 0 Å². The summed E-state index contributed by atoms with van der Waals surface area (Å²) in [6, 6.07) is 0. The molecule has 5 unspecified atom stereocenters. The van der Waals surface area contributed by atoms with Crippen molar-refractivity contribution in [3.8, 4) is 0 Å². The van der Waals surface area contributed by atoms with Crippen molar-refractivity contribution in [2.24, 2.45) is 58.0 Å². The van der Waals surface area contributed by atoms with Gasteiger partial charge in [-0.05, 0) is 92.3 Å². The molecule has 0 aromatic heterocycles. The largest absolute Gasteiger partial charge is 0.462 e. The van der Waals surface area contributed by atoms with Gasteiger partial charge in [0.1, 0.15) is 12.2 Å². The summed E-state index contributed by atoms with van der Waals surface area (Å²) in [5.41, 5.74) is 5.12. The maximum Gasteiger partial charge on any atom is 0.302 e. The molecular formula is C35H55NO9. The SMILES string of the molecule is CC(=O)OC1C[C@@H]2CC3(CC[C@]2(C)C2C[C@H](OC(C)=O)[C@@]4(C)C(CC[C@@H]4C(C)CCC(N)=O)C12)OOC1(CCC(C)CC1)OO3. The number of hydrogen-bond donors (Lipinski definition) is 1. The minimum absolute atomic E-state index is 0.107. The number of carbonyl (C=O) groups is 3. The summed E-state index contributed by atoms with van der Waals surface area (Å²) in [5.74, 6) is -0.882. The van der Waals surface area contributed by atoms with E-state index in [-0.39, 0.29) is 76.4 Å². The number of fused-ring (bicyclic) bond motifs is 5. The lowest BCUT2D eigenvalue weighted by molar-refractivity contribution is -0.665. The van der Waals surface area contributed by atoms with Gasteiger partial charge in [-0.15, -0.1) is 0 Å². The maximum absolute atomic E-state index is 12.6. The molecule has 0 aromatic carbocycles. The van der Waals surface area contributed by atoms with Gasteiger partial charge in [0.05, 0.1) is 0 Å². The molecule has 6 rings (SSSR count). The van der Waals surface area contributed by atoms with E-state index < -0.39 is 11.6 Å². The van der Waals surface area contributed by atoms with E-state index in [0.717, 1.165) is 44.9 Å². The first kappa shape index (κ1) is 33.2. The average molecular weight is 634 g/mol. The molecule has 1 aliphatic heterocycles. The lowest BCUT2D eigenvalue weighted by Crippen LogP contribution is -2.65. The summed E-state index contributed by atoms with van der Waals surface area (Å²) in [4.78, 5) is 61.3. The molecule has 0 bridgehead atoms. The van der Waals surface area contributed by atoms with Gasteiger partial charge in [-0.25, -0.2) is 0 Å². The minimum atomic E-state index is -1.00. The third kappa shape index (κ3) is 5.84. The van der Waals surface area contributed by atoms with Crippen molar-refractivity contribution in [2.75, 3.05) is 0 Å². The number of ether oxygens (including phenoxy) is 2. The van der Waals surface area contributed by atoms with Crippen molar-refractivity contribution in [3.63, 3.8) is 0 Å². The highest BCUT2D eigenvalue weighted by Gasteiger charge is 2.69. The summed E-state index contributed by atoms with van der Waals surface area (Å²) in [6.07, 6.45) is 9.41. The Morgan fingerprint density at radius 1 is 0.844 bits per heavy atom. The first-order valence-corrected chi connectivity index (χ1v) is 17.6. The molecule has 254 valence electrons. The van der Waals surface area contributed by atoms with E-state index in [0.29, 0.717) is 44.4 Å². The molecular weight excluding hydrogens is 578 g/mol. The van der Waals surface area contributed by atoms with E-state index in [2.05, 4.69) is 27.7 Å². The highest BCUT2D eigenvalue weighted by Crippen LogP contribution is 2.70. The molecule has 2 N–H and O–H groups in total. The molecule has 10 nitrogen and oxygen atoms in total. The van der Waals surface area contributed by atoms with Crippen molar-refractivity contribution < 1.29 is 43.4 Å². The van der Waals surface area contributed by atoms with Gasteiger partial charge in [0.15, 0.2) is 0 Å². The van der Waals surface area contributed by atoms with Gasteiger partial charge in [0.2, 0.25) is 17.5 Å². The van der Waals surface area contributed by atoms with E-state index in [9.17, 15) is 14.4 Å². The Hall–Kier alpha value is -1.75. The molecule has 0 aromatic rings. The number of rotatable bonds is 6. The summed E-state index contributed by atoms with van der Waals surface area (Å²) in [6.45, 7) is 12.1. The third-order valence-electron chi connectivity index (χ3n) is 13.7. The fourth-order valence-electron chi connectivity index (χ4n) is 11.2. The van der Waals surface area contributed by atoms with Crippen molar-refractivity contribution in [2.45, 2.75) is 149 Å². The highest BCUT2D eigenvalue weighted by molar-refractivity contribution is 5.73. The van der Waals surface area contributed by atoms with E-state index >= 15 is 0 Å². The zero-order chi connectivity index (χ0) is 32.4.